The van der Waals surface area contributed by atoms with Crippen molar-refractivity contribution in [1.29, 1.82) is 0 Å². The summed E-state index contributed by atoms with van der Waals surface area (Å²) in [7, 11) is 0. The average molecular weight is 304 g/mol. The Labute approximate surface area is 108 Å². The Hall–Kier alpha value is -1.10. The Kier molecular flexibility index (Phi) is 4.93. The number of rotatable bonds is 4. The SMILES string of the molecule is CC(C)CCOC(=O)c1cc(F)c(Br)cc1N. The van der Waals surface area contributed by atoms with E-state index in [0.717, 1.165) is 12.5 Å². The molecule has 0 unspecified atom stereocenters. The molecule has 17 heavy (non-hydrogen) atoms. The van der Waals surface area contributed by atoms with Crippen molar-refractivity contribution in [3.8, 4) is 0 Å². The quantitative estimate of drug-likeness (QED) is 0.685. The molecule has 1 aromatic rings. The summed E-state index contributed by atoms with van der Waals surface area (Å²) in [5.41, 5.74) is 5.89. The molecule has 0 aliphatic rings. The Morgan fingerprint density at radius 3 is 2.76 bits per heavy atom. The monoisotopic (exact) mass is 303 g/mol. The van der Waals surface area contributed by atoms with Crippen LogP contribution < -0.4 is 5.73 Å². The van der Waals surface area contributed by atoms with E-state index in [0.29, 0.717) is 12.5 Å². The summed E-state index contributed by atoms with van der Waals surface area (Å²) in [6.07, 6.45) is 0.769. The lowest BCUT2D eigenvalue weighted by Gasteiger charge is -2.09. The van der Waals surface area contributed by atoms with Crippen LogP contribution in [0.1, 0.15) is 30.6 Å². The third kappa shape index (κ3) is 4.00. The number of hydrogen-bond acceptors (Lipinski definition) is 3. The Morgan fingerprint density at radius 1 is 1.53 bits per heavy atom. The highest BCUT2D eigenvalue weighted by Gasteiger charge is 2.14. The first-order valence-electron chi connectivity index (χ1n) is 5.33. The average Bonchev–Trinajstić information content (AvgIpc) is 2.22. The molecule has 0 aliphatic carbocycles. The topological polar surface area (TPSA) is 52.3 Å². The maximum absolute atomic E-state index is 13.3. The van der Waals surface area contributed by atoms with E-state index in [4.69, 9.17) is 10.5 Å². The summed E-state index contributed by atoms with van der Waals surface area (Å²) in [5, 5.41) is 0. The molecule has 0 aliphatic heterocycles. The molecule has 1 aromatic carbocycles. The van der Waals surface area contributed by atoms with E-state index in [-0.39, 0.29) is 15.7 Å². The minimum atomic E-state index is -0.588. The van der Waals surface area contributed by atoms with Crippen molar-refractivity contribution in [3.63, 3.8) is 0 Å². The molecule has 0 atom stereocenters. The van der Waals surface area contributed by atoms with Gasteiger partial charge in [-0.25, -0.2) is 9.18 Å². The van der Waals surface area contributed by atoms with Gasteiger partial charge in [-0.15, -0.1) is 0 Å². The molecule has 0 bridgehead atoms. The largest absolute Gasteiger partial charge is 0.462 e. The minimum absolute atomic E-state index is 0.0643. The van der Waals surface area contributed by atoms with Crippen LogP contribution in [-0.2, 0) is 4.74 Å². The molecular formula is C12H15BrFNO2. The second kappa shape index (κ2) is 6.00. The third-order valence-corrected chi connectivity index (χ3v) is 2.85. The molecule has 0 fully saturated rings. The normalized spacial score (nSPS) is 10.6. The Bertz CT molecular complexity index is 421. The van der Waals surface area contributed by atoms with Gasteiger partial charge in [-0.2, -0.15) is 0 Å². The number of nitrogen functional groups attached to an aromatic ring is 1. The fourth-order valence-corrected chi connectivity index (χ4v) is 1.57. The van der Waals surface area contributed by atoms with Crippen molar-refractivity contribution >= 4 is 27.6 Å². The lowest BCUT2D eigenvalue weighted by molar-refractivity contribution is 0.0489. The number of benzene rings is 1. The zero-order chi connectivity index (χ0) is 13.0. The molecule has 3 nitrogen and oxygen atoms in total. The van der Waals surface area contributed by atoms with Crippen LogP contribution in [0.15, 0.2) is 16.6 Å². The number of esters is 1. The zero-order valence-corrected chi connectivity index (χ0v) is 11.4. The van der Waals surface area contributed by atoms with Gasteiger partial charge >= 0.3 is 5.97 Å². The van der Waals surface area contributed by atoms with Crippen molar-refractivity contribution in [2.45, 2.75) is 20.3 Å². The first kappa shape index (κ1) is 14.0. The van der Waals surface area contributed by atoms with Gasteiger partial charge in [0.2, 0.25) is 0 Å². The van der Waals surface area contributed by atoms with Crippen LogP contribution >= 0.6 is 15.9 Å². The molecule has 0 spiro atoms. The van der Waals surface area contributed by atoms with Gasteiger partial charge in [0.05, 0.1) is 16.6 Å². The first-order chi connectivity index (χ1) is 7.91. The number of hydrogen-bond donors (Lipinski definition) is 1. The fourth-order valence-electron chi connectivity index (χ4n) is 1.20. The number of carbonyl (C=O) groups excluding carboxylic acids is 1. The maximum Gasteiger partial charge on any atom is 0.340 e. The summed E-state index contributed by atoms with van der Waals surface area (Å²) < 4.78 is 18.5. The van der Waals surface area contributed by atoms with Crippen molar-refractivity contribution < 1.29 is 13.9 Å². The summed E-state index contributed by atoms with van der Waals surface area (Å²) in [6.45, 7) is 4.37. The van der Waals surface area contributed by atoms with Crippen LogP contribution in [0.25, 0.3) is 0 Å². The van der Waals surface area contributed by atoms with E-state index in [1.807, 2.05) is 13.8 Å². The van der Waals surface area contributed by atoms with Crippen LogP contribution in [0.3, 0.4) is 0 Å². The third-order valence-electron chi connectivity index (χ3n) is 2.24. The van der Waals surface area contributed by atoms with Crippen LogP contribution in [0.2, 0.25) is 0 Å². The van der Waals surface area contributed by atoms with E-state index < -0.39 is 11.8 Å². The summed E-state index contributed by atoms with van der Waals surface area (Å²) in [4.78, 5) is 11.6. The highest BCUT2D eigenvalue weighted by Crippen LogP contribution is 2.23. The summed E-state index contributed by atoms with van der Waals surface area (Å²) >= 11 is 2.99. The molecule has 1 rings (SSSR count). The van der Waals surface area contributed by atoms with Gasteiger partial charge in [0.1, 0.15) is 5.82 Å². The van der Waals surface area contributed by atoms with Gasteiger partial charge in [0.15, 0.2) is 0 Å². The Morgan fingerprint density at radius 2 is 2.18 bits per heavy atom. The lowest BCUT2D eigenvalue weighted by atomic mass is 10.1. The van der Waals surface area contributed by atoms with E-state index in [9.17, 15) is 9.18 Å². The predicted octanol–water partition coefficient (Wildman–Crippen LogP) is 3.37. The van der Waals surface area contributed by atoms with Crippen LogP contribution in [0, 0.1) is 11.7 Å². The number of carbonyl (C=O) groups is 1. The fraction of sp³-hybridized carbons (Fsp3) is 0.417. The van der Waals surface area contributed by atoms with Gasteiger partial charge in [0.25, 0.3) is 0 Å². The highest BCUT2D eigenvalue weighted by atomic mass is 79.9. The van der Waals surface area contributed by atoms with Gasteiger partial charge in [-0.1, -0.05) is 13.8 Å². The van der Waals surface area contributed by atoms with E-state index >= 15 is 0 Å². The molecule has 0 saturated carbocycles. The standard InChI is InChI=1S/C12H15BrFNO2/c1-7(2)3-4-17-12(16)8-5-10(14)9(13)6-11(8)15/h5-7H,3-4,15H2,1-2H3. The summed E-state index contributed by atoms with van der Waals surface area (Å²) in [5.74, 6) is -0.675. The number of anilines is 1. The van der Waals surface area contributed by atoms with E-state index in [2.05, 4.69) is 15.9 Å². The van der Waals surface area contributed by atoms with Gasteiger partial charge in [0, 0.05) is 5.69 Å². The van der Waals surface area contributed by atoms with Crippen molar-refractivity contribution in [1.82, 2.24) is 0 Å². The zero-order valence-electron chi connectivity index (χ0n) is 9.80. The van der Waals surface area contributed by atoms with Crippen LogP contribution in [0.5, 0.6) is 0 Å². The number of ether oxygens (including phenoxy) is 1. The minimum Gasteiger partial charge on any atom is -0.462 e. The number of nitrogens with two attached hydrogens (primary N) is 1. The molecule has 0 saturated heterocycles. The van der Waals surface area contributed by atoms with Crippen LogP contribution in [0.4, 0.5) is 10.1 Å². The molecule has 5 heteroatoms. The summed E-state index contributed by atoms with van der Waals surface area (Å²) in [6, 6.07) is 2.44. The molecule has 0 aromatic heterocycles. The van der Waals surface area contributed by atoms with Gasteiger partial charge in [-0.05, 0) is 40.4 Å². The van der Waals surface area contributed by atoms with Crippen molar-refractivity contribution in [3.05, 3.63) is 28.0 Å². The maximum atomic E-state index is 13.3. The second-order valence-electron chi connectivity index (χ2n) is 4.17. The molecule has 0 heterocycles. The second-order valence-corrected chi connectivity index (χ2v) is 5.03. The molecule has 0 amide bonds. The number of halogens is 2. The van der Waals surface area contributed by atoms with Crippen molar-refractivity contribution in [2.75, 3.05) is 12.3 Å². The lowest BCUT2D eigenvalue weighted by Crippen LogP contribution is -2.11. The van der Waals surface area contributed by atoms with E-state index in [1.165, 1.54) is 6.07 Å². The van der Waals surface area contributed by atoms with Gasteiger partial charge in [-0.3, -0.25) is 0 Å². The molecular weight excluding hydrogens is 289 g/mol. The Balaban J connectivity index is 2.72. The first-order valence-corrected chi connectivity index (χ1v) is 6.12. The molecule has 0 radical (unpaired) electrons. The smallest absolute Gasteiger partial charge is 0.340 e. The van der Waals surface area contributed by atoms with Crippen molar-refractivity contribution in [2.24, 2.45) is 5.92 Å². The predicted molar refractivity (Wildman–Crippen MR) is 68.2 cm³/mol. The van der Waals surface area contributed by atoms with Gasteiger partial charge < -0.3 is 10.5 Å². The molecule has 94 valence electrons. The van der Waals surface area contributed by atoms with E-state index in [1.54, 1.807) is 0 Å². The highest BCUT2D eigenvalue weighted by molar-refractivity contribution is 9.10. The molecule has 2 N–H and O–H groups in total. The van der Waals surface area contributed by atoms with Crippen LogP contribution in [-0.4, -0.2) is 12.6 Å².